The van der Waals surface area contributed by atoms with Crippen molar-refractivity contribution in [3.63, 3.8) is 0 Å². The van der Waals surface area contributed by atoms with Crippen molar-refractivity contribution < 1.29 is 26.8 Å². The number of methoxy groups -OCH3 is 2. The zero-order valence-corrected chi connectivity index (χ0v) is 20.2. The summed E-state index contributed by atoms with van der Waals surface area (Å²) < 4.78 is 47.6. The Labute approximate surface area is 197 Å². The molecule has 0 fully saturated rings. The van der Waals surface area contributed by atoms with Crippen LogP contribution in [0.5, 0.6) is 11.5 Å². The fourth-order valence-electron chi connectivity index (χ4n) is 3.99. The first kappa shape index (κ1) is 23.5. The monoisotopic (exact) mass is 493 g/mol. The highest BCUT2D eigenvalue weighted by molar-refractivity contribution is 7.85. The van der Waals surface area contributed by atoms with E-state index < -0.39 is 22.3 Å². The number of aromatic nitrogens is 3. The highest BCUT2D eigenvalue weighted by Gasteiger charge is 2.35. The Kier molecular flexibility index (Phi) is 6.62. The zero-order valence-electron chi connectivity index (χ0n) is 18.6. The fourth-order valence-corrected chi connectivity index (χ4v) is 4.56. The minimum absolute atomic E-state index is 0.0749. The lowest BCUT2D eigenvalue weighted by Crippen LogP contribution is -2.15. The zero-order chi connectivity index (χ0) is 23.8. The van der Waals surface area contributed by atoms with Gasteiger partial charge in [-0.2, -0.15) is 8.42 Å². The molecule has 2 heterocycles. The van der Waals surface area contributed by atoms with E-state index in [9.17, 15) is 8.42 Å². The van der Waals surface area contributed by atoms with E-state index in [0.717, 1.165) is 23.1 Å². The van der Waals surface area contributed by atoms with Crippen molar-refractivity contribution in [3.05, 3.63) is 64.2 Å². The molecule has 176 valence electrons. The molecule has 0 radical (unpaired) electrons. The number of para-hydroxylation sites is 1. The topological polar surface area (TPSA) is 102 Å². The minimum Gasteiger partial charge on any atom is -0.493 e. The van der Waals surface area contributed by atoms with Gasteiger partial charge >= 0.3 is 0 Å². The standard InChI is InChI=1S/C22H24ClN3O6S/c1-13-24-25-22-19(10-11-31-33(4,27)28)32-20(15-6-5-7-18(29-2)21(15)30-3)16-12-14(23)8-9-17(16)26(13)22/h5-9,12,19-20H,10-11H2,1-4H3. The van der Waals surface area contributed by atoms with Gasteiger partial charge in [-0.1, -0.05) is 23.7 Å². The van der Waals surface area contributed by atoms with Crippen molar-refractivity contribution in [3.8, 4) is 17.2 Å². The molecule has 3 aromatic rings. The summed E-state index contributed by atoms with van der Waals surface area (Å²) in [5.74, 6) is 2.28. The molecule has 1 aliphatic heterocycles. The van der Waals surface area contributed by atoms with Crippen LogP contribution in [0, 0.1) is 6.92 Å². The molecule has 9 nitrogen and oxygen atoms in total. The first-order valence-electron chi connectivity index (χ1n) is 10.2. The Morgan fingerprint density at radius 2 is 1.91 bits per heavy atom. The number of aryl methyl sites for hydroxylation is 1. The lowest BCUT2D eigenvalue weighted by molar-refractivity contribution is -0.00768. The van der Waals surface area contributed by atoms with Crippen LogP contribution in [-0.2, 0) is 19.0 Å². The van der Waals surface area contributed by atoms with Gasteiger partial charge in [0.2, 0.25) is 0 Å². The number of nitrogens with zero attached hydrogens (tertiary/aromatic N) is 3. The maximum atomic E-state index is 11.5. The molecule has 0 saturated heterocycles. The number of hydrogen-bond donors (Lipinski definition) is 0. The van der Waals surface area contributed by atoms with Gasteiger partial charge in [0.05, 0.1) is 32.8 Å². The molecule has 2 aromatic carbocycles. The van der Waals surface area contributed by atoms with Crippen molar-refractivity contribution >= 4 is 21.7 Å². The number of fused-ring (bicyclic) bond motifs is 3. The maximum absolute atomic E-state index is 11.5. The van der Waals surface area contributed by atoms with Crippen molar-refractivity contribution in [2.24, 2.45) is 0 Å². The van der Waals surface area contributed by atoms with Crippen LogP contribution in [0.15, 0.2) is 36.4 Å². The van der Waals surface area contributed by atoms with Gasteiger partial charge < -0.3 is 14.2 Å². The van der Waals surface area contributed by atoms with Crippen molar-refractivity contribution in [1.82, 2.24) is 14.8 Å². The van der Waals surface area contributed by atoms with Gasteiger partial charge in [0.1, 0.15) is 18.0 Å². The summed E-state index contributed by atoms with van der Waals surface area (Å²) >= 11 is 6.39. The van der Waals surface area contributed by atoms with Crippen LogP contribution in [-0.4, -0.2) is 50.3 Å². The Balaban J connectivity index is 1.88. The summed E-state index contributed by atoms with van der Waals surface area (Å²) in [7, 11) is -0.474. The number of hydrogen-bond acceptors (Lipinski definition) is 8. The normalized spacial score (nSPS) is 17.7. The van der Waals surface area contributed by atoms with Gasteiger partial charge in [-0.15, -0.1) is 10.2 Å². The molecule has 1 aliphatic rings. The second-order valence-corrected chi connectivity index (χ2v) is 9.63. The summed E-state index contributed by atoms with van der Waals surface area (Å²) in [6.45, 7) is 1.76. The van der Waals surface area contributed by atoms with Crippen molar-refractivity contribution in [1.29, 1.82) is 0 Å². The Hall–Kier alpha value is -2.66. The third-order valence-electron chi connectivity index (χ3n) is 5.34. The fraction of sp³-hybridized carbons (Fsp3) is 0.364. The predicted octanol–water partition coefficient (Wildman–Crippen LogP) is 3.77. The van der Waals surface area contributed by atoms with E-state index in [0.29, 0.717) is 28.2 Å². The molecule has 11 heteroatoms. The highest BCUT2D eigenvalue weighted by atomic mass is 35.5. The van der Waals surface area contributed by atoms with Crippen LogP contribution in [0.3, 0.4) is 0 Å². The van der Waals surface area contributed by atoms with Gasteiger partial charge in [-0.05, 0) is 31.2 Å². The predicted molar refractivity (Wildman–Crippen MR) is 122 cm³/mol. The van der Waals surface area contributed by atoms with Crippen molar-refractivity contribution in [2.45, 2.75) is 25.6 Å². The van der Waals surface area contributed by atoms with Gasteiger partial charge in [0.15, 0.2) is 17.3 Å². The SMILES string of the molecule is COc1cccc(C2OC(CCOS(C)(=O)=O)c3nnc(C)n3-c3ccc(Cl)cc32)c1OC. The van der Waals surface area contributed by atoms with E-state index in [4.69, 9.17) is 30.0 Å². The smallest absolute Gasteiger partial charge is 0.264 e. The number of rotatable bonds is 7. The lowest BCUT2D eigenvalue weighted by Gasteiger charge is -2.25. The largest absolute Gasteiger partial charge is 0.493 e. The van der Waals surface area contributed by atoms with Gasteiger partial charge in [0, 0.05) is 22.6 Å². The number of benzene rings is 2. The average Bonchev–Trinajstić information content (AvgIpc) is 3.09. The summed E-state index contributed by atoms with van der Waals surface area (Å²) in [5, 5.41) is 9.09. The van der Waals surface area contributed by atoms with Crippen LogP contribution in [0.2, 0.25) is 5.02 Å². The van der Waals surface area contributed by atoms with E-state index in [1.807, 2.05) is 35.8 Å². The number of halogens is 1. The second kappa shape index (κ2) is 9.30. The highest BCUT2D eigenvalue weighted by Crippen LogP contribution is 2.46. The summed E-state index contributed by atoms with van der Waals surface area (Å²) in [5.41, 5.74) is 2.31. The van der Waals surface area contributed by atoms with Gasteiger partial charge in [0.25, 0.3) is 10.1 Å². The Bertz CT molecular complexity index is 1280. The maximum Gasteiger partial charge on any atom is 0.264 e. The first-order chi connectivity index (χ1) is 15.7. The second-order valence-electron chi connectivity index (χ2n) is 7.55. The molecule has 0 saturated carbocycles. The average molecular weight is 494 g/mol. The first-order valence-corrected chi connectivity index (χ1v) is 12.4. The molecule has 33 heavy (non-hydrogen) atoms. The molecule has 0 aliphatic carbocycles. The van der Waals surface area contributed by atoms with Crippen LogP contribution >= 0.6 is 11.6 Å². The molecule has 0 N–H and O–H groups in total. The lowest BCUT2D eigenvalue weighted by atomic mass is 9.98. The van der Waals surface area contributed by atoms with Crippen LogP contribution in [0.1, 0.15) is 41.4 Å². The summed E-state index contributed by atoms with van der Waals surface area (Å²) in [4.78, 5) is 0. The van der Waals surface area contributed by atoms with E-state index in [1.165, 1.54) is 0 Å². The molecular formula is C22H24ClN3O6S. The summed E-state index contributed by atoms with van der Waals surface area (Å²) in [6, 6.07) is 11.0. The molecular weight excluding hydrogens is 470 g/mol. The number of ether oxygens (including phenoxy) is 3. The van der Waals surface area contributed by atoms with E-state index in [1.54, 1.807) is 26.4 Å². The van der Waals surface area contributed by atoms with E-state index in [-0.39, 0.29) is 13.0 Å². The van der Waals surface area contributed by atoms with Gasteiger partial charge in [-0.3, -0.25) is 8.75 Å². The van der Waals surface area contributed by atoms with Crippen LogP contribution < -0.4 is 9.47 Å². The minimum atomic E-state index is -3.60. The molecule has 0 amide bonds. The van der Waals surface area contributed by atoms with Crippen molar-refractivity contribution in [2.75, 3.05) is 27.1 Å². The summed E-state index contributed by atoms with van der Waals surface area (Å²) in [6.07, 6.45) is -0.00134. The molecule has 0 bridgehead atoms. The molecule has 2 unspecified atom stereocenters. The Morgan fingerprint density at radius 1 is 1.12 bits per heavy atom. The quantitative estimate of drug-likeness (QED) is 0.458. The third-order valence-corrected chi connectivity index (χ3v) is 6.17. The third kappa shape index (κ3) is 4.70. The van der Waals surface area contributed by atoms with E-state index in [2.05, 4.69) is 10.2 Å². The van der Waals surface area contributed by atoms with Gasteiger partial charge in [-0.25, -0.2) is 0 Å². The molecule has 0 spiro atoms. The van der Waals surface area contributed by atoms with Crippen LogP contribution in [0.25, 0.3) is 5.69 Å². The molecule has 4 rings (SSSR count). The van der Waals surface area contributed by atoms with E-state index >= 15 is 0 Å². The van der Waals surface area contributed by atoms with Crippen LogP contribution in [0.4, 0.5) is 0 Å². The Morgan fingerprint density at radius 3 is 2.61 bits per heavy atom. The molecule has 1 aromatic heterocycles. The molecule has 2 atom stereocenters.